The van der Waals surface area contributed by atoms with Crippen LogP contribution in [0.25, 0.3) is 0 Å². The van der Waals surface area contributed by atoms with Gasteiger partial charge < -0.3 is 10.0 Å². The van der Waals surface area contributed by atoms with E-state index in [0.29, 0.717) is 18.0 Å². The second kappa shape index (κ2) is 5.42. The summed E-state index contributed by atoms with van der Waals surface area (Å²) in [5, 5.41) is 13.0. The summed E-state index contributed by atoms with van der Waals surface area (Å²) in [5.74, 6) is -0.808. The molecule has 0 radical (unpaired) electrons. The minimum atomic E-state index is -0.987. The zero-order valence-electron chi connectivity index (χ0n) is 11.3. The van der Waals surface area contributed by atoms with E-state index in [1.165, 1.54) is 4.90 Å². The summed E-state index contributed by atoms with van der Waals surface area (Å²) in [5.41, 5.74) is 1.50. The molecule has 0 aromatic carbocycles. The van der Waals surface area contributed by atoms with E-state index < -0.39 is 5.97 Å². The summed E-state index contributed by atoms with van der Waals surface area (Å²) in [6.07, 6.45) is 4.44. The first-order valence-corrected chi connectivity index (χ1v) is 6.57. The lowest BCUT2D eigenvalue weighted by Crippen LogP contribution is -2.36. The van der Waals surface area contributed by atoms with Crippen LogP contribution in [0.1, 0.15) is 48.2 Å². The molecule has 6 nitrogen and oxygen atoms in total. The molecule has 1 aliphatic rings. The van der Waals surface area contributed by atoms with E-state index in [2.05, 4.69) is 5.10 Å². The number of rotatable bonds is 6. The zero-order valence-corrected chi connectivity index (χ0v) is 11.3. The van der Waals surface area contributed by atoms with Crippen LogP contribution in [0.2, 0.25) is 0 Å². The lowest BCUT2D eigenvalue weighted by atomic mass is 10.1. The highest BCUT2D eigenvalue weighted by Crippen LogP contribution is 2.41. The van der Waals surface area contributed by atoms with Gasteiger partial charge in [-0.1, -0.05) is 6.92 Å². The third kappa shape index (κ3) is 2.94. The Morgan fingerprint density at radius 2 is 2.21 bits per heavy atom. The van der Waals surface area contributed by atoms with Crippen molar-refractivity contribution in [2.24, 2.45) is 7.05 Å². The van der Waals surface area contributed by atoms with Crippen LogP contribution in [-0.4, -0.2) is 44.8 Å². The van der Waals surface area contributed by atoms with Crippen LogP contribution in [0, 0.1) is 0 Å². The molecule has 0 spiro atoms. The normalized spacial score (nSPS) is 14.4. The minimum Gasteiger partial charge on any atom is -0.480 e. The number of nitrogens with zero attached hydrogens (tertiary/aromatic N) is 3. The first kappa shape index (κ1) is 13.6. The molecule has 6 heteroatoms. The maximum absolute atomic E-state index is 12.4. The van der Waals surface area contributed by atoms with E-state index in [0.717, 1.165) is 25.0 Å². The van der Waals surface area contributed by atoms with Crippen molar-refractivity contribution in [3.63, 3.8) is 0 Å². The van der Waals surface area contributed by atoms with Crippen molar-refractivity contribution in [2.75, 3.05) is 13.1 Å². The molecule has 0 aliphatic heterocycles. The second-order valence-corrected chi connectivity index (χ2v) is 4.96. The largest absolute Gasteiger partial charge is 0.480 e. The van der Waals surface area contributed by atoms with Gasteiger partial charge >= 0.3 is 5.97 Å². The summed E-state index contributed by atoms with van der Waals surface area (Å²) in [4.78, 5) is 24.7. The van der Waals surface area contributed by atoms with Crippen molar-refractivity contribution in [3.8, 4) is 0 Å². The van der Waals surface area contributed by atoms with Crippen molar-refractivity contribution < 1.29 is 14.7 Å². The lowest BCUT2D eigenvalue weighted by molar-refractivity contribution is -0.137. The molecule has 1 N–H and O–H groups in total. The molecule has 0 atom stereocenters. The Hall–Kier alpha value is -1.85. The van der Waals surface area contributed by atoms with Gasteiger partial charge in [-0.3, -0.25) is 14.3 Å². The van der Waals surface area contributed by atoms with Gasteiger partial charge in [0.1, 0.15) is 6.54 Å². The number of aromatic nitrogens is 2. The van der Waals surface area contributed by atoms with Crippen molar-refractivity contribution >= 4 is 11.9 Å². The number of carboxylic acids is 1. The van der Waals surface area contributed by atoms with Crippen molar-refractivity contribution in [2.45, 2.75) is 32.1 Å². The standard InChI is InChI=1S/C13H19N3O3/c1-3-6-16(8-11(17)18)13(19)10-7-14-15(2)12(10)9-4-5-9/h7,9H,3-6,8H2,1-2H3,(H,17,18). The predicted octanol–water partition coefficient (Wildman–Crippen LogP) is 1.23. The number of carbonyl (C=O) groups is 2. The Kier molecular flexibility index (Phi) is 3.87. The topological polar surface area (TPSA) is 75.4 Å². The molecular formula is C13H19N3O3. The molecule has 0 saturated heterocycles. The number of carboxylic acid groups (broad SMARTS) is 1. The van der Waals surface area contributed by atoms with Crippen molar-refractivity contribution in [3.05, 3.63) is 17.5 Å². The number of aryl methyl sites for hydroxylation is 1. The maximum atomic E-state index is 12.4. The van der Waals surface area contributed by atoms with Crippen LogP contribution >= 0.6 is 0 Å². The van der Waals surface area contributed by atoms with Gasteiger partial charge in [0.15, 0.2) is 0 Å². The van der Waals surface area contributed by atoms with Crippen molar-refractivity contribution in [1.29, 1.82) is 0 Å². The van der Waals surface area contributed by atoms with E-state index in [1.807, 2.05) is 14.0 Å². The van der Waals surface area contributed by atoms with E-state index in [1.54, 1.807) is 10.9 Å². The molecule has 0 bridgehead atoms. The minimum absolute atomic E-state index is 0.223. The summed E-state index contributed by atoms with van der Waals surface area (Å²) in [7, 11) is 1.83. The Bertz CT molecular complexity index is 491. The van der Waals surface area contributed by atoms with Gasteiger partial charge in [0, 0.05) is 19.5 Å². The maximum Gasteiger partial charge on any atom is 0.323 e. The van der Waals surface area contributed by atoms with E-state index in [-0.39, 0.29) is 12.5 Å². The van der Waals surface area contributed by atoms with Crippen LogP contribution in [0.4, 0.5) is 0 Å². The second-order valence-electron chi connectivity index (χ2n) is 4.96. The van der Waals surface area contributed by atoms with E-state index in [4.69, 9.17) is 5.11 Å². The third-order valence-corrected chi connectivity index (χ3v) is 3.29. The first-order valence-electron chi connectivity index (χ1n) is 6.57. The average molecular weight is 265 g/mol. The summed E-state index contributed by atoms with van der Waals surface area (Å²) < 4.78 is 1.73. The zero-order chi connectivity index (χ0) is 14.0. The van der Waals surface area contributed by atoms with Gasteiger partial charge in [0.2, 0.25) is 0 Å². The number of hydrogen-bond donors (Lipinski definition) is 1. The molecule has 1 aromatic heterocycles. The fourth-order valence-corrected chi connectivity index (χ4v) is 2.31. The molecule has 1 aliphatic carbocycles. The number of amides is 1. The Balaban J connectivity index is 2.23. The molecule has 2 rings (SSSR count). The third-order valence-electron chi connectivity index (χ3n) is 3.29. The Morgan fingerprint density at radius 1 is 1.53 bits per heavy atom. The van der Waals surface area contributed by atoms with Gasteiger partial charge in [-0.05, 0) is 19.3 Å². The van der Waals surface area contributed by atoms with Gasteiger partial charge in [-0.15, -0.1) is 0 Å². The van der Waals surface area contributed by atoms with E-state index in [9.17, 15) is 9.59 Å². The van der Waals surface area contributed by atoms with Gasteiger partial charge in [-0.25, -0.2) is 0 Å². The molecule has 1 fully saturated rings. The van der Waals surface area contributed by atoms with Gasteiger partial charge in [0.05, 0.1) is 17.5 Å². The SMILES string of the molecule is CCCN(CC(=O)O)C(=O)c1cnn(C)c1C1CC1. The molecule has 1 saturated carbocycles. The number of hydrogen-bond acceptors (Lipinski definition) is 3. The van der Waals surface area contributed by atoms with E-state index >= 15 is 0 Å². The molecule has 104 valence electrons. The molecular weight excluding hydrogens is 246 g/mol. The predicted molar refractivity (Wildman–Crippen MR) is 69.0 cm³/mol. The number of aliphatic carboxylic acids is 1. The van der Waals surface area contributed by atoms with Crippen LogP contribution in [0.15, 0.2) is 6.20 Å². The van der Waals surface area contributed by atoms with Crippen LogP contribution < -0.4 is 0 Å². The molecule has 1 aromatic rings. The van der Waals surface area contributed by atoms with Crippen molar-refractivity contribution in [1.82, 2.24) is 14.7 Å². The Morgan fingerprint density at radius 3 is 2.74 bits per heavy atom. The molecule has 1 heterocycles. The highest BCUT2D eigenvalue weighted by Gasteiger charge is 2.33. The Labute approximate surface area is 112 Å². The molecule has 1 amide bonds. The van der Waals surface area contributed by atoms with Gasteiger partial charge in [-0.2, -0.15) is 5.10 Å². The highest BCUT2D eigenvalue weighted by atomic mass is 16.4. The monoisotopic (exact) mass is 265 g/mol. The summed E-state index contributed by atoms with van der Waals surface area (Å²) >= 11 is 0. The van der Waals surface area contributed by atoms with Crippen LogP contribution in [-0.2, 0) is 11.8 Å². The fourth-order valence-electron chi connectivity index (χ4n) is 2.31. The van der Waals surface area contributed by atoms with Crippen LogP contribution in [0.5, 0.6) is 0 Å². The van der Waals surface area contributed by atoms with Gasteiger partial charge in [0.25, 0.3) is 5.91 Å². The average Bonchev–Trinajstić information content (AvgIpc) is 3.11. The first-order chi connectivity index (χ1) is 9.04. The smallest absolute Gasteiger partial charge is 0.323 e. The molecule has 19 heavy (non-hydrogen) atoms. The highest BCUT2D eigenvalue weighted by molar-refractivity contribution is 5.97. The number of carbonyl (C=O) groups excluding carboxylic acids is 1. The lowest BCUT2D eigenvalue weighted by Gasteiger charge is -2.20. The summed E-state index contributed by atoms with van der Waals surface area (Å²) in [6, 6.07) is 0. The molecule has 0 unspecified atom stereocenters. The van der Waals surface area contributed by atoms with Crippen LogP contribution in [0.3, 0.4) is 0 Å². The fraction of sp³-hybridized carbons (Fsp3) is 0.615. The summed E-state index contributed by atoms with van der Waals surface area (Å²) in [6.45, 7) is 2.11. The quantitative estimate of drug-likeness (QED) is 0.839.